The molecule has 19 heteroatoms. The van der Waals surface area contributed by atoms with E-state index in [0.717, 1.165) is 31.2 Å². The van der Waals surface area contributed by atoms with Gasteiger partial charge < -0.3 is 36.3 Å². The smallest absolute Gasteiger partial charge is 0.493 e. The van der Waals surface area contributed by atoms with Crippen LogP contribution in [0, 0.1) is 0 Å². The molecule has 2 aromatic rings. The molecular weight excluding hydrogens is 569 g/mol. The zero-order valence-corrected chi connectivity index (χ0v) is 22.0. The number of rotatable bonds is 12. The number of alkyl halides is 3. The molecule has 0 aliphatic rings. The number of nitrogens with one attached hydrogen (secondary N) is 1. The van der Waals surface area contributed by atoms with E-state index < -0.39 is 74.3 Å². The lowest BCUT2D eigenvalue weighted by Gasteiger charge is -2.28. The van der Waals surface area contributed by atoms with E-state index in [0.29, 0.717) is 0 Å². The lowest BCUT2D eigenvalue weighted by molar-refractivity contribution is -0.200. The van der Waals surface area contributed by atoms with E-state index in [1.165, 1.54) is 20.3 Å². The fourth-order valence-corrected chi connectivity index (χ4v) is 4.24. The number of pyridine rings is 1. The molecule has 0 aliphatic heterocycles. The quantitative estimate of drug-likeness (QED) is 0.106. The normalized spacial score (nSPS) is 12.9. The Morgan fingerprint density at radius 1 is 1.05 bits per heavy atom. The minimum absolute atomic E-state index is 0.0115. The molecular formula is C21H25F3N6O9S. The Morgan fingerprint density at radius 3 is 2.20 bits per heavy atom. The lowest BCUT2D eigenvalue weighted by atomic mass is 9.82. The van der Waals surface area contributed by atoms with Crippen LogP contribution in [-0.2, 0) is 29.9 Å². The molecule has 1 atom stereocenters. The first kappa shape index (κ1) is 31.5. The van der Waals surface area contributed by atoms with Gasteiger partial charge in [-0.2, -0.15) is 13.2 Å². The summed E-state index contributed by atoms with van der Waals surface area (Å²) in [4.78, 5) is 45.8. The minimum atomic E-state index is -5.58. The third-order valence-electron chi connectivity index (χ3n) is 5.33. The van der Waals surface area contributed by atoms with Crippen LogP contribution in [0.5, 0.6) is 11.5 Å². The van der Waals surface area contributed by atoms with Gasteiger partial charge in [0, 0.05) is 12.5 Å². The SMILES string of the molecule is COc1ccc(S(=O)(=O)Nc2ccc(C(C)(CCON=C(N)N)C(N)=O)n(OC(=O)C(F)(F)F)c2=O)cc1OC. The van der Waals surface area contributed by atoms with E-state index in [2.05, 4.69) is 9.99 Å². The summed E-state index contributed by atoms with van der Waals surface area (Å²) in [6.45, 7) is 0.667. The van der Waals surface area contributed by atoms with Crippen LogP contribution < -0.4 is 41.8 Å². The van der Waals surface area contributed by atoms with Crippen LogP contribution in [0.4, 0.5) is 18.9 Å². The summed E-state index contributed by atoms with van der Waals surface area (Å²) in [6.07, 6.45) is -6.01. The largest absolute Gasteiger partial charge is 0.493 e. The molecule has 1 aromatic heterocycles. The highest BCUT2D eigenvalue weighted by Crippen LogP contribution is 2.31. The maximum atomic E-state index is 13.2. The number of aromatic nitrogens is 1. The van der Waals surface area contributed by atoms with Crippen LogP contribution in [0.3, 0.4) is 0 Å². The van der Waals surface area contributed by atoms with Crippen molar-refractivity contribution in [2.75, 3.05) is 25.5 Å². The van der Waals surface area contributed by atoms with Crippen molar-refractivity contribution in [1.82, 2.24) is 4.73 Å². The summed E-state index contributed by atoms with van der Waals surface area (Å²) in [5.41, 5.74) is 10.6. The van der Waals surface area contributed by atoms with Crippen molar-refractivity contribution in [3.63, 3.8) is 0 Å². The summed E-state index contributed by atoms with van der Waals surface area (Å²) in [5, 5.41) is 3.23. The zero-order chi connectivity index (χ0) is 30.5. The number of nitrogens with zero attached hydrogens (tertiary/aromatic N) is 2. The molecule has 0 spiro atoms. The number of halogens is 3. The van der Waals surface area contributed by atoms with Crippen molar-refractivity contribution in [2.24, 2.45) is 22.4 Å². The molecule has 1 aromatic carbocycles. The van der Waals surface area contributed by atoms with E-state index in [4.69, 9.17) is 31.5 Å². The van der Waals surface area contributed by atoms with E-state index in [1.54, 1.807) is 0 Å². The maximum Gasteiger partial charge on any atom is 0.493 e. The van der Waals surface area contributed by atoms with Crippen LogP contribution in [0.1, 0.15) is 19.0 Å². The molecule has 2 rings (SSSR count). The predicted octanol–water partition coefficient (Wildman–Crippen LogP) is -0.478. The first-order valence-corrected chi connectivity index (χ1v) is 12.3. The zero-order valence-electron chi connectivity index (χ0n) is 21.1. The first-order chi connectivity index (χ1) is 18.5. The van der Waals surface area contributed by atoms with Crippen LogP contribution in [0.25, 0.3) is 0 Å². The molecule has 0 bridgehead atoms. The second kappa shape index (κ2) is 12.0. The highest BCUT2D eigenvalue weighted by atomic mass is 32.2. The summed E-state index contributed by atoms with van der Waals surface area (Å²) in [6, 6.07) is 5.11. The molecule has 40 heavy (non-hydrogen) atoms. The van der Waals surface area contributed by atoms with Crippen LogP contribution in [0.15, 0.2) is 45.2 Å². The second-order valence-electron chi connectivity index (χ2n) is 8.03. The van der Waals surface area contributed by atoms with E-state index in [1.807, 2.05) is 4.72 Å². The highest BCUT2D eigenvalue weighted by Gasteiger charge is 2.44. The summed E-state index contributed by atoms with van der Waals surface area (Å²) >= 11 is 0. The molecule has 1 heterocycles. The van der Waals surface area contributed by atoms with Crippen molar-refractivity contribution in [2.45, 2.75) is 29.8 Å². The molecule has 0 saturated heterocycles. The molecule has 220 valence electrons. The number of primary amides is 1. The number of amides is 1. The fourth-order valence-electron chi connectivity index (χ4n) is 3.17. The van der Waals surface area contributed by atoms with Gasteiger partial charge in [0.2, 0.25) is 11.9 Å². The van der Waals surface area contributed by atoms with Gasteiger partial charge in [-0.3, -0.25) is 14.3 Å². The number of nitrogens with two attached hydrogens (primary N) is 3. The summed E-state index contributed by atoms with van der Waals surface area (Å²) in [7, 11) is -2.02. The molecule has 1 amide bonds. The van der Waals surface area contributed by atoms with Crippen molar-refractivity contribution in [1.29, 1.82) is 0 Å². The van der Waals surface area contributed by atoms with Crippen LogP contribution in [-0.4, -0.2) is 58.0 Å². The fraction of sp³-hybridized carbons (Fsp3) is 0.333. The molecule has 0 fully saturated rings. The molecule has 0 radical (unpaired) electrons. The molecule has 1 unspecified atom stereocenters. The number of ether oxygens (including phenoxy) is 2. The van der Waals surface area contributed by atoms with Gasteiger partial charge in [0.25, 0.3) is 10.0 Å². The Morgan fingerprint density at radius 2 is 1.68 bits per heavy atom. The number of methoxy groups -OCH3 is 2. The van der Waals surface area contributed by atoms with Gasteiger partial charge in [-0.05, 0) is 36.3 Å². The van der Waals surface area contributed by atoms with Gasteiger partial charge in [0.1, 0.15) is 12.3 Å². The van der Waals surface area contributed by atoms with E-state index in [-0.39, 0.29) is 16.2 Å². The molecule has 15 nitrogen and oxygen atoms in total. The monoisotopic (exact) mass is 594 g/mol. The van der Waals surface area contributed by atoms with Crippen molar-refractivity contribution in [3.8, 4) is 11.5 Å². The Balaban J connectivity index is 2.65. The van der Waals surface area contributed by atoms with Gasteiger partial charge in [0.15, 0.2) is 11.5 Å². The Bertz CT molecular complexity index is 1470. The molecule has 0 aliphatic carbocycles. The van der Waals surface area contributed by atoms with Gasteiger partial charge in [-0.25, -0.2) is 13.2 Å². The minimum Gasteiger partial charge on any atom is -0.493 e. The number of carbonyl (C=O) groups is 2. The second-order valence-corrected chi connectivity index (χ2v) is 9.71. The van der Waals surface area contributed by atoms with Crippen molar-refractivity contribution >= 4 is 33.5 Å². The summed E-state index contributed by atoms with van der Waals surface area (Å²) < 4.78 is 76.8. The van der Waals surface area contributed by atoms with Gasteiger partial charge in [-0.1, -0.05) is 0 Å². The number of sulfonamides is 1. The Labute approximate surface area is 224 Å². The van der Waals surface area contributed by atoms with E-state index in [9.17, 15) is 36.0 Å². The average Bonchev–Trinajstić information content (AvgIpc) is 2.87. The number of hydrogen-bond donors (Lipinski definition) is 4. The molecule has 7 N–H and O–H groups in total. The third-order valence-corrected chi connectivity index (χ3v) is 6.69. The Kier molecular flexibility index (Phi) is 9.47. The maximum absolute atomic E-state index is 13.2. The lowest BCUT2D eigenvalue weighted by Crippen LogP contribution is -2.48. The van der Waals surface area contributed by atoms with Crippen molar-refractivity contribution in [3.05, 3.63) is 46.4 Å². The van der Waals surface area contributed by atoms with Gasteiger partial charge >= 0.3 is 17.7 Å². The number of carbonyl (C=O) groups excluding carboxylic acids is 2. The van der Waals surface area contributed by atoms with Crippen LogP contribution in [0.2, 0.25) is 0 Å². The standard InChI is InChI=1S/C21H25F3N6O9S/c1-20(17(25)32,8-9-38-28-19(26)27)15-7-5-12(16(31)30(15)39-18(33)21(22,23)24)29-40(34,35)11-4-6-13(36-2)14(10-11)37-3/h4-7,10,29H,8-9H2,1-3H3,(H2,25,32)(H4,26,27,28). The average molecular weight is 595 g/mol. The summed E-state index contributed by atoms with van der Waals surface area (Å²) in [5.74, 6) is -4.32. The van der Waals surface area contributed by atoms with Gasteiger partial charge in [-0.15, -0.1) is 4.73 Å². The van der Waals surface area contributed by atoms with Gasteiger partial charge in [0.05, 0.1) is 30.2 Å². The number of hydrogen-bond acceptors (Lipinski definition) is 10. The topological polar surface area (TPSA) is 230 Å². The third kappa shape index (κ3) is 7.04. The number of oxime groups is 1. The Hall–Kier alpha value is -4.68. The van der Waals surface area contributed by atoms with E-state index >= 15 is 0 Å². The number of benzene rings is 1. The highest BCUT2D eigenvalue weighted by molar-refractivity contribution is 7.92. The number of guanidine groups is 1. The predicted molar refractivity (Wildman–Crippen MR) is 132 cm³/mol. The first-order valence-electron chi connectivity index (χ1n) is 10.8. The number of anilines is 1. The van der Waals surface area contributed by atoms with Crippen molar-refractivity contribution < 1.29 is 50.3 Å². The molecule has 0 saturated carbocycles. The van der Waals surface area contributed by atoms with Crippen LogP contribution >= 0.6 is 0 Å².